The summed E-state index contributed by atoms with van der Waals surface area (Å²) in [5, 5.41) is 11.5. The van der Waals surface area contributed by atoms with Gasteiger partial charge >= 0.3 is 0 Å². The van der Waals surface area contributed by atoms with E-state index in [2.05, 4.69) is 10.9 Å². The third-order valence-electron chi connectivity index (χ3n) is 5.07. The van der Waals surface area contributed by atoms with Gasteiger partial charge in [-0.3, -0.25) is 30.6 Å². The van der Waals surface area contributed by atoms with Crippen molar-refractivity contribution in [1.29, 1.82) is 0 Å². The van der Waals surface area contributed by atoms with E-state index in [1.54, 1.807) is 43.5 Å². The smallest absolute Gasteiger partial charge is 0.286 e. The molecule has 10 nitrogen and oxygen atoms in total. The van der Waals surface area contributed by atoms with Gasteiger partial charge in [0.1, 0.15) is 11.4 Å². The predicted molar refractivity (Wildman–Crippen MR) is 121 cm³/mol. The molecule has 1 aromatic heterocycles. The highest BCUT2D eigenvalue weighted by Crippen LogP contribution is 2.34. The second-order valence-electron chi connectivity index (χ2n) is 7.22. The molecule has 0 aliphatic carbocycles. The highest BCUT2D eigenvalue weighted by atomic mass is 19.1. The third kappa shape index (κ3) is 4.82. The number of nitrogens with one attached hydrogen (secondary N) is 2. The lowest BCUT2D eigenvalue weighted by molar-refractivity contribution is -0.385. The normalized spacial score (nSPS) is 10.5. The molecular formula is C23H23FN4O6. The SMILES string of the molecule is CCOc1cc(C(=O)NNC(=O)c2cc(C)n(-c3ccc(F)cc3)c2C)c([N+](=O)[O-])cc1OC. The number of nitrogens with zero attached hydrogens (tertiary/aromatic N) is 2. The van der Waals surface area contributed by atoms with Crippen LogP contribution in [0.3, 0.4) is 0 Å². The van der Waals surface area contributed by atoms with Crippen LogP contribution in [0, 0.1) is 29.8 Å². The van der Waals surface area contributed by atoms with E-state index in [0.29, 0.717) is 17.1 Å². The topological polar surface area (TPSA) is 125 Å². The first kappa shape index (κ1) is 24.2. The summed E-state index contributed by atoms with van der Waals surface area (Å²) in [7, 11) is 1.32. The second kappa shape index (κ2) is 10.0. The maximum Gasteiger partial charge on any atom is 0.286 e. The number of aryl methyl sites for hydroxylation is 1. The van der Waals surface area contributed by atoms with Crippen LogP contribution in [-0.2, 0) is 0 Å². The van der Waals surface area contributed by atoms with Gasteiger partial charge in [0.15, 0.2) is 11.5 Å². The predicted octanol–water partition coefficient (Wildman–Crippen LogP) is 3.62. The third-order valence-corrected chi connectivity index (χ3v) is 5.07. The summed E-state index contributed by atoms with van der Waals surface area (Å²) < 4.78 is 25.5. The lowest BCUT2D eigenvalue weighted by Crippen LogP contribution is -2.42. The molecule has 34 heavy (non-hydrogen) atoms. The van der Waals surface area contributed by atoms with Crippen LogP contribution in [-0.4, -0.2) is 35.0 Å². The van der Waals surface area contributed by atoms with Gasteiger partial charge in [-0.25, -0.2) is 4.39 Å². The van der Waals surface area contributed by atoms with E-state index < -0.39 is 22.4 Å². The maximum atomic E-state index is 13.3. The van der Waals surface area contributed by atoms with Crippen molar-refractivity contribution < 1.29 is 28.4 Å². The molecule has 11 heteroatoms. The van der Waals surface area contributed by atoms with Gasteiger partial charge in [-0.2, -0.15) is 0 Å². The number of benzene rings is 2. The van der Waals surface area contributed by atoms with Crippen LogP contribution in [0.25, 0.3) is 5.69 Å². The second-order valence-corrected chi connectivity index (χ2v) is 7.22. The average molecular weight is 470 g/mol. The molecule has 0 unspecified atom stereocenters. The van der Waals surface area contributed by atoms with E-state index >= 15 is 0 Å². The molecule has 3 rings (SSSR count). The Hall–Kier alpha value is -4.41. The Morgan fingerprint density at radius 1 is 1.03 bits per heavy atom. The molecule has 2 N–H and O–H groups in total. The molecule has 0 radical (unpaired) electrons. The van der Waals surface area contributed by atoms with Gasteiger partial charge in [0.25, 0.3) is 17.5 Å². The van der Waals surface area contributed by atoms with Crippen molar-refractivity contribution in [3.63, 3.8) is 0 Å². The number of halogens is 1. The van der Waals surface area contributed by atoms with Crippen LogP contribution in [0.1, 0.15) is 39.0 Å². The number of hydrazine groups is 1. The number of hydrogen-bond donors (Lipinski definition) is 2. The van der Waals surface area contributed by atoms with Crippen molar-refractivity contribution in [2.45, 2.75) is 20.8 Å². The van der Waals surface area contributed by atoms with Crippen LogP contribution in [0.2, 0.25) is 0 Å². The molecule has 3 aromatic rings. The summed E-state index contributed by atoms with van der Waals surface area (Å²) in [5.74, 6) is -1.67. The van der Waals surface area contributed by atoms with Gasteiger partial charge in [-0.1, -0.05) is 0 Å². The van der Waals surface area contributed by atoms with Crippen molar-refractivity contribution >= 4 is 17.5 Å². The minimum atomic E-state index is -0.906. The fourth-order valence-electron chi connectivity index (χ4n) is 3.54. The molecule has 1 heterocycles. The van der Waals surface area contributed by atoms with Crippen molar-refractivity contribution in [3.05, 3.63) is 80.9 Å². The highest BCUT2D eigenvalue weighted by Gasteiger charge is 2.25. The highest BCUT2D eigenvalue weighted by molar-refractivity contribution is 6.02. The van der Waals surface area contributed by atoms with Gasteiger partial charge in [0, 0.05) is 23.1 Å². The standard InChI is InChI=1S/C23H23FN4O6/c1-5-34-21-11-18(19(28(31)32)12-20(21)33-4)23(30)26-25-22(29)17-10-13(2)27(14(17)3)16-8-6-15(24)7-9-16/h6-12H,5H2,1-4H3,(H,25,29)(H,26,30). The fraction of sp³-hybridized carbons (Fsp3) is 0.217. The zero-order valence-electron chi connectivity index (χ0n) is 19.0. The fourth-order valence-corrected chi connectivity index (χ4v) is 3.54. The monoisotopic (exact) mass is 470 g/mol. The molecule has 0 aliphatic rings. The quantitative estimate of drug-likeness (QED) is 0.401. The van der Waals surface area contributed by atoms with Gasteiger partial charge < -0.3 is 14.0 Å². The van der Waals surface area contributed by atoms with Crippen LogP contribution in [0.15, 0.2) is 42.5 Å². The number of nitro benzene ring substituents is 1. The molecule has 2 aromatic carbocycles. The molecular weight excluding hydrogens is 447 g/mol. The molecule has 0 bridgehead atoms. The van der Waals surface area contributed by atoms with Crippen LogP contribution < -0.4 is 20.3 Å². The van der Waals surface area contributed by atoms with E-state index in [0.717, 1.165) is 6.07 Å². The molecule has 0 atom stereocenters. The number of ether oxygens (including phenoxy) is 2. The van der Waals surface area contributed by atoms with E-state index in [4.69, 9.17) is 9.47 Å². The number of aromatic nitrogens is 1. The van der Waals surface area contributed by atoms with Crippen molar-refractivity contribution in [1.82, 2.24) is 15.4 Å². The number of nitro groups is 1. The lowest BCUT2D eigenvalue weighted by Gasteiger charge is -2.13. The summed E-state index contributed by atoms with van der Waals surface area (Å²) in [5.41, 5.74) is 5.86. The van der Waals surface area contributed by atoms with Gasteiger partial charge in [-0.05, 0) is 51.1 Å². The first-order chi connectivity index (χ1) is 16.2. The Kier molecular flexibility index (Phi) is 7.15. The Morgan fingerprint density at radius 2 is 1.65 bits per heavy atom. The van der Waals surface area contributed by atoms with E-state index in [9.17, 15) is 24.1 Å². The number of amides is 2. The van der Waals surface area contributed by atoms with E-state index in [1.165, 1.54) is 25.3 Å². The van der Waals surface area contributed by atoms with Crippen LogP contribution in [0.5, 0.6) is 11.5 Å². The minimum Gasteiger partial charge on any atom is -0.493 e. The Balaban J connectivity index is 1.84. The first-order valence-corrected chi connectivity index (χ1v) is 10.2. The zero-order valence-corrected chi connectivity index (χ0v) is 19.0. The lowest BCUT2D eigenvalue weighted by atomic mass is 10.1. The van der Waals surface area contributed by atoms with Gasteiger partial charge in [0.05, 0.1) is 30.3 Å². The molecule has 178 valence electrons. The summed E-state index contributed by atoms with van der Waals surface area (Å²) in [6, 6.07) is 9.66. The zero-order chi connectivity index (χ0) is 25.0. The van der Waals surface area contributed by atoms with E-state index in [1.807, 2.05) is 0 Å². The maximum absolute atomic E-state index is 13.3. The van der Waals surface area contributed by atoms with E-state index in [-0.39, 0.29) is 35.1 Å². The molecule has 0 saturated heterocycles. The molecule has 2 amide bonds. The number of carbonyl (C=O) groups excluding carboxylic acids is 2. The summed E-state index contributed by atoms with van der Waals surface area (Å²) in [6.07, 6.45) is 0. The van der Waals surface area contributed by atoms with Crippen molar-refractivity contribution in [2.75, 3.05) is 13.7 Å². The van der Waals surface area contributed by atoms with Crippen molar-refractivity contribution in [3.8, 4) is 17.2 Å². The number of carbonyl (C=O) groups is 2. The van der Waals surface area contributed by atoms with Crippen molar-refractivity contribution in [2.24, 2.45) is 0 Å². The number of rotatable bonds is 7. The first-order valence-electron chi connectivity index (χ1n) is 10.2. The number of hydrogen-bond acceptors (Lipinski definition) is 6. The Labute approximate surface area is 194 Å². The largest absolute Gasteiger partial charge is 0.493 e. The summed E-state index contributed by atoms with van der Waals surface area (Å²) in [6.45, 7) is 5.44. The Bertz CT molecular complexity index is 1250. The minimum absolute atomic E-state index is 0.0994. The molecule has 0 saturated carbocycles. The molecule has 0 spiro atoms. The summed E-state index contributed by atoms with van der Waals surface area (Å²) in [4.78, 5) is 36.2. The Morgan fingerprint density at radius 3 is 2.21 bits per heavy atom. The molecule has 0 fully saturated rings. The number of methoxy groups -OCH3 is 1. The summed E-state index contributed by atoms with van der Waals surface area (Å²) >= 11 is 0. The van der Waals surface area contributed by atoms with Gasteiger partial charge in [-0.15, -0.1) is 0 Å². The van der Waals surface area contributed by atoms with Gasteiger partial charge in [0.2, 0.25) is 0 Å². The molecule has 0 aliphatic heterocycles. The average Bonchev–Trinajstić information content (AvgIpc) is 3.11. The van der Waals surface area contributed by atoms with Crippen LogP contribution in [0.4, 0.5) is 10.1 Å². The van der Waals surface area contributed by atoms with Crippen LogP contribution >= 0.6 is 0 Å².